The third kappa shape index (κ3) is 5.51. The van der Waals surface area contributed by atoms with Crippen molar-refractivity contribution < 1.29 is 13.2 Å². The van der Waals surface area contributed by atoms with E-state index in [1.807, 2.05) is 30.9 Å². The van der Waals surface area contributed by atoms with Crippen LogP contribution < -0.4 is 4.90 Å². The Kier molecular flexibility index (Phi) is 7.22. The maximum Gasteiger partial charge on any atom is 0.227 e. The molecule has 0 N–H and O–H groups in total. The summed E-state index contributed by atoms with van der Waals surface area (Å²) in [5.41, 5.74) is 1.02. The molecule has 0 radical (unpaired) electrons. The summed E-state index contributed by atoms with van der Waals surface area (Å²) in [6, 6.07) is 7.80. The molecule has 2 heterocycles. The van der Waals surface area contributed by atoms with Gasteiger partial charge in [0.25, 0.3) is 0 Å². The highest BCUT2D eigenvalue weighted by atomic mass is 32.2. The zero-order valence-corrected chi connectivity index (χ0v) is 18.8. The Balaban J connectivity index is 0.00000117. The van der Waals surface area contributed by atoms with Crippen LogP contribution in [0.5, 0.6) is 0 Å². The number of sulfone groups is 1. The molecular weight excluding hydrogens is 386 g/mol. The van der Waals surface area contributed by atoms with E-state index in [9.17, 15) is 13.2 Å². The molecule has 3 aliphatic rings. The van der Waals surface area contributed by atoms with Crippen molar-refractivity contribution in [2.24, 2.45) is 5.92 Å². The molecule has 0 bridgehead atoms. The number of hydrogen-bond acceptors (Lipinski definition) is 5. The molecule has 1 aliphatic carbocycles. The first-order chi connectivity index (χ1) is 13.9. The second-order valence-electron chi connectivity index (χ2n) is 8.14. The number of piperidine rings is 1. The van der Waals surface area contributed by atoms with Gasteiger partial charge in [-0.1, -0.05) is 13.8 Å². The number of likely N-dealkylation sites (tertiary alicyclic amines) is 1. The first kappa shape index (κ1) is 22.1. The lowest BCUT2D eigenvalue weighted by molar-refractivity contribution is -0.137. The monoisotopic (exact) mass is 421 g/mol. The molecule has 0 spiro atoms. The predicted molar refractivity (Wildman–Crippen MR) is 117 cm³/mol. The van der Waals surface area contributed by atoms with E-state index in [0.717, 1.165) is 63.8 Å². The summed E-state index contributed by atoms with van der Waals surface area (Å²) in [5, 5.41) is 0. The van der Waals surface area contributed by atoms with Gasteiger partial charge in [-0.2, -0.15) is 0 Å². The van der Waals surface area contributed by atoms with Gasteiger partial charge in [0.15, 0.2) is 9.84 Å². The van der Waals surface area contributed by atoms with E-state index >= 15 is 0 Å². The Labute approximate surface area is 175 Å². The van der Waals surface area contributed by atoms with Gasteiger partial charge in [-0.3, -0.25) is 9.69 Å². The second-order valence-corrected chi connectivity index (χ2v) is 10.2. The van der Waals surface area contributed by atoms with Crippen LogP contribution in [0.3, 0.4) is 0 Å². The summed E-state index contributed by atoms with van der Waals surface area (Å²) >= 11 is 0. The molecule has 0 aromatic heterocycles. The molecule has 2 aliphatic heterocycles. The van der Waals surface area contributed by atoms with Crippen LogP contribution in [0.15, 0.2) is 29.2 Å². The van der Waals surface area contributed by atoms with Crippen LogP contribution in [-0.2, 0) is 14.6 Å². The number of carbonyl (C=O) groups is 1. The molecule has 1 atom stereocenters. The van der Waals surface area contributed by atoms with Crippen molar-refractivity contribution in [2.45, 2.75) is 50.5 Å². The Bertz CT molecular complexity index is 782. The van der Waals surface area contributed by atoms with Crippen LogP contribution in [0.25, 0.3) is 0 Å². The van der Waals surface area contributed by atoms with Crippen LogP contribution in [0.1, 0.15) is 39.5 Å². The SMILES string of the molecule is CC.CS(=O)(=O)c1ccc(N2CCN(C(=O)C3CCCN(C4CC4)C3)CC2)cc1. The third-order valence-corrected chi connectivity index (χ3v) is 7.22. The van der Waals surface area contributed by atoms with Crippen LogP contribution in [0.2, 0.25) is 0 Å². The van der Waals surface area contributed by atoms with Crippen molar-refractivity contribution in [3.8, 4) is 0 Å². The van der Waals surface area contributed by atoms with Crippen molar-refractivity contribution in [2.75, 3.05) is 50.4 Å². The lowest BCUT2D eigenvalue weighted by Crippen LogP contribution is -2.52. The van der Waals surface area contributed by atoms with Gasteiger partial charge in [-0.25, -0.2) is 8.42 Å². The molecule has 2 saturated heterocycles. The van der Waals surface area contributed by atoms with Gasteiger partial charge in [-0.05, 0) is 56.5 Å². The molecule has 162 valence electrons. The zero-order valence-electron chi connectivity index (χ0n) is 18.0. The number of benzene rings is 1. The van der Waals surface area contributed by atoms with E-state index in [4.69, 9.17) is 0 Å². The van der Waals surface area contributed by atoms with Crippen molar-refractivity contribution in [1.82, 2.24) is 9.80 Å². The summed E-state index contributed by atoms with van der Waals surface area (Å²) in [4.78, 5) is 20.1. The number of rotatable bonds is 4. The molecule has 4 rings (SSSR count). The van der Waals surface area contributed by atoms with Gasteiger partial charge < -0.3 is 9.80 Å². The highest BCUT2D eigenvalue weighted by Crippen LogP contribution is 2.31. The largest absolute Gasteiger partial charge is 0.368 e. The Hall–Kier alpha value is -1.60. The van der Waals surface area contributed by atoms with Gasteiger partial charge in [0.1, 0.15) is 0 Å². The van der Waals surface area contributed by atoms with Gasteiger partial charge in [0, 0.05) is 50.7 Å². The quantitative estimate of drug-likeness (QED) is 0.748. The number of nitrogens with zero attached hydrogens (tertiary/aromatic N) is 3. The fourth-order valence-electron chi connectivity index (χ4n) is 4.33. The predicted octanol–water partition coefficient (Wildman–Crippen LogP) is 2.64. The first-order valence-corrected chi connectivity index (χ1v) is 12.9. The minimum absolute atomic E-state index is 0.167. The van der Waals surface area contributed by atoms with E-state index in [0.29, 0.717) is 10.8 Å². The molecule has 6 nitrogen and oxygen atoms in total. The lowest BCUT2D eigenvalue weighted by atomic mass is 9.96. The highest BCUT2D eigenvalue weighted by molar-refractivity contribution is 7.90. The molecule has 7 heteroatoms. The standard InChI is InChI=1S/C20H29N3O3S.C2H6/c1-27(25,26)19-8-6-17(7-9-19)21-11-13-22(14-12-21)20(24)16-3-2-10-23(15-16)18-4-5-18;1-2/h6-9,16,18H,2-5,10-15H2,1H3;1-2H3. The normalized spacial score (nSPS) is 23.3. The molecule has 1 aromatic rings. The summed E-state index contributed by atoms with van der Waals surface area (Å²) in [6.45, 7) is 9.17. The van der Waals surface area contributed by atoms with Crippen molar-refractivity contribution in [3.05, 3.63) is 24.3 Å². The van der Waals surface area contributed by atoms with Crippen molar-refractivity contribution >= 4 is 21.4 Å². The second kappa shape index (κ2) is 9.47. The molecular formula is C22H35N3O3S. The molecule has 29 heavy (non-hydrogen) atoms. The maximum atomic E-state index is 13.0. The average molecular weight is 422 g/mol. The van der Waals surface area contributed by atoms with Crippen molar-refractivity contribution in [1.29, 1.82) is 0 Å². The third-order valence-electron chi connectivity index (χ3n) is 6.09. The Morgan fingerprint density at radius 1 is 0.931 bits per heavy atom. The van der Waals surface area contributed by atoms with Gasteiger partial charge >= 0.3 is 0 Å². The van der Waals surface area contributed by atoms with Crippen molar-refractivity contribution in [3.63, 3.8) is 0 Å². The topological polar surface area (TPSA) is 60.9 Å². The lowest BCUT2D eigenvalue weighted by Gasteiger charge is -2.39. The number of amides is 1. The van der Waals surface area contributed by atoms with Gasteiger partial charge in [0.05, 0.1) is 10.8 Å². The molecule has 1 aromatic carbocycles. The van der Waals surface area contributed by atoms with E-state index in [1.165, 1.54) is 19.1 Å². The summed E-state index contributed by atoms with van der Waals surface area (Å²) in [7, 11) is -3.16. The smallest absolute Gasteiger partial charge is 0.227 e. The van der Waals surface area contributed by atoms with E-state index < -0.39 is 9.84 Å². The molecule has 3 fully saturated rings. The fraction of sp³-hybridized carbons (Fsp3) is 0.682. The average Bonchev–Trinajstić information content (AvgIpc) is 3.60. The fourth-order valence-corrected chi connectivity index (χ4v) is 4.96. The number of carbonyl (C=O) groups excluding carboxylic acids is 1. The number of piperazine rings is 1. The first-order valence-electron chi connectivity index (χ1n) is 11.0. The molecule has 1 saturated carbocycles. The maximum absolute atomic E-state index is 13.0. The zero-order chi connectivity index (χ0) is 21.0. The van der Waals surface area contributed by atoms with E-state index in [1.54, 1.807) is 12.1 Å². The van der Waals surface area contributed by atoms with Crippen LogP contribution in [0, 0.1) is 5.92 Å². The van der Waals surface area contributed by atoms with Gasteiger partial charge in [0.2, 0.25) is 5.91 Å². The van der Waals surface area contributed by atoms with Gasteiger partial charge in [-0.15, -0.1) is 0 Å². The summed E-state index contributed by atoms with van der Waals surface area (Å²) in [6.07, 6.45) is 5.99. The van der Waals surface area contributed by atoms with E-state index in [2.05, 4.69) is 9.80 Å². The highest BCUT2D eigenvalue weighted by Gasteiger charge is 2.36. The Morgan fingerprint density at radius 2 is 1.55 bits per heavy atom. The minimum atomic E-state index is -3.16. The van der Waals surface area contributed by atoms with E-state index in [-0.39, 0.29) is 5.92 Å². The van der Waals surface area contributed by atoms with Crippen LogP contribution >= 0.6 is 0 Å². The molecule has 1 unspecified atom stereocenters. The van der Waals surface area contributed by atoms with Crippen LogP contribution in [0.4, 0.5) is 5.69 Å². The molecule has 1 amide bonds. The number of anilines is 1. The minimum Gasteiger partial charge on any atom is -0.368 e. The summed E-state index contributed by atoms with van der Waals surface area (Å²) < 4.78 is 23.2. The van der Waals surface area contributed by atoms with Crippen LogP contribution in [-0.4, -0.2) is 75.7 Å². The number of hydrogen-bond donors (Lipinski definition) is 0. The summed E-state index contributed by atoms with van der Waals surface area (Å²) in [5.74, 6) is 0.493. The Morgan fingerprint density at radius 3 is 2.10 bits per heavy atom.